The number of unbranched alkanes of at least 4 members (excludes halogenated alkanes) is 5. The molecular formula is C10H19O3-. The van der Waals surface area contributed by atoms with Crippen LogP contribution < -0.4 is 5.11 Å². The molecule has 0 heterocycles. The van der Waals surface area contributed by atoms with Crippen molar-refractivity contribution < 1.29 is 14.6 Å². The number of aliphatic carboxylic acids is 1. The molecule has 0 aliphatic heterocycles. The third-order valence-corrected chi connectivity index (χ3v) is 1.98. The summed E-state index contributed by atoms with van der Waals surface area (Å²) in [5.41, 5.74) is 0. The Balaban J connectivity index is 2.87. The minimum Gasteiger partial charge on any atom is -0.550 e. The topological polar surface area (TPSA) is 49.4 Å². The summed E-state index contributed by atoms with van der Waals surface area (Å²) >= 11 is 0. The Morgan fingerprint density at radius 2 is 1.62 bits per heavy atom. The number of hydrogen-bond acceptors (Lipinski definition) is 3. The zero-order valence-electron chi connectivity index (χ0n) is 8.38. The molecule has 0 fully saturated rings. The molecule has 0 aromatic rings. The fourth-order valence-electron chi connectivity index (χ4n) is 1.22. The van der Waals surface area contributed by atoms with Crippen LogP contribution in [-0.4, -0.2) is 19.7 Å². The molecule has 0 spiro atoms. The molecule has 0 aliphatic carbocycles. The van der Waals surface area contributed by atoms with E-state index in [2.05, 4.69) is 0 Å². The van der Waals surface area contributed by atoms with Gasteiger partial charge in [-0.05, 0) is 19.3 Å². The van der Waals surface area contributed by atoms with Gasteiger partial charge in [0.15, 0.2) is 0 Å². The van der Waals surface area contributed by atoms with Gasteiger partial charge in [-0.2, -0.15) is 0 Å². The Labute approximate surface area is 80.1 Å². The molecular weight excluding hydrogens is 168 g/mol. The molecule has 3 heteroatoms. The second-order valence-electron chi connectivity index (χ2n) is 3.24. The number of hydrogen-bond donors (Lipinski definition) is 0. The predicted octanol–water partition coefficient (Wildman–Crippen LogP) is 1.11. The minimum atomic E-state index is -0.931. The van der Waals surface area contributed by atoms with Gasteiger partial charge in [0.1, 0.15) is 0 Å². The molecule has 13 heavy (non-hydrogen) atoms. The molecule has 0 unspecified atom stereocenters. The van der Waals surface area contributed by atoms with Crippen LogP contribution in [0.2, 0.25) is 0 Å². The highest BCUT2D eigenvalue weighted by atomic mass is 16.5. The van der Waals surface area contributed by atoms with Crippen LogP contribution in [-0.2, 0) is 9.53 Å². The van der Waals surface area contributed by atoms with Crippen molar-refractivity contribution in [2.75, 3.05) is 13.7 Å². The molecule has 0 bridgehead atoms. The van der Waals surface area contributed by atoms with Crippen LogP contribution in [0.1, 0.15) is 44.9 Å². The monoisotopic (exact) mass is 187 g/mol. The van der Waals surface area contributed by atoms with Crippen molar-refractivity contribution in [3.63, 3.8) is 0 Å². The van der Waals surface area contributed by atoms with E-state index in [1.54, 1.807) is 7.11 Å². The van der Waals surface area contributed by atoms with Gasteiger partial charge >= 0.3 is 0 Å². The van der Waals surface area contributed by atoms with E-state index in [-0.39, 0.29) is 6.42 Å². The smallest absolute Gasteiger partial charge is 0.0462 e. The lowest BCUT2D eigenvalue weighted by atomic mass is 10.1. The molecule has 78 valence electrons. The van der Waals surface area contributed by atoms with E-state index >= 15 is 0 Å². The van der Waals surface area contributed by atoms with Crippen LogP contribution >= 0.6 is 0 Å². The first-order valence-electron chi connectivity index (χ1n) is 4.96. The van der Waals surface area contributed by atoms with Gasteiger partial charge in [-0.3, -0.25) is 0 Å². The third-order valence-electron chi connectivity index (χ3n) is 1.98. The molecule has 0 aromatic carbocycles. The fraction of sp³-hybridized carbons (Fsp3) is 0.900. The van der Waals surface area contributed by atoms with Crippen molar-refractivity contribution in [1.29, 1.82) is 0 Å². The molecule has 0 aliphatic rings. The molecule has 0 saturated carbocycles. The Hall–Kier alpha value is -0.570. The number of carbonyl (C=O) groups is 1. The van der Waals surface area contributed by atoms with E-state index in [1.165, 1.54) is 12.8 Å². The van der Waals surface area contributed by atoms with Crippen molar-refractivity contribution in [1.82, 2.24) is 0 Å². The first-order valence-corrected chi connectivity index (χ1v) is 4.96. The maximum Gasteiger partial charge on any atom is 0.0462 e. The first kappa shape index (κ1) is 12.4. The number of ether oxygens (including phenoxy) is 1. The van der Waals surface area contributed by atoms with Crippen molar-refractivity contribution in [3.8, 4) is 0 Å². The summed E-state index contributed by atoms with van der Waals surface area (Å²) < 4.78 is 4.92. The Kier molecular flexibility index (Phi) is 9.10. The van der Waals surface area contributed by atoms with Gasteiger partial charge in [-0.15, -0.1) is 0 Å². The Morgan fingerprint density at radius 3 is 2.15 bits per heavy atom. The van der Waals surface area contributed by atoms with Crippen molar-refractivity contribution in [2.45, 2.75) is 44.9 Å². The predicted molar refractivity (Wildman–Crippen MR) is 49.2 cm³/mol. The zero-order chi connectivity index (χ0) is 9.94. The van der Waals surface area contributed by atoms with Crippen LogP contribution in [0.5, 0.6) is 0 Å². The molecule has 0 aromatic heterocycles. The summed E-state index contributed by atoms with van der Waals surface area (Å²) in [7, 11) is 1.71. The highest BCUT2D eigenvalue weighted by Gasteiger charge is 1.91. The van der Waals surface area contributed by atoms with E-state index in [0.717, 1.165) is 32.3 Å². The average Bonchev–Trinajstić information content (AvgIpc) is 2.09. The van der Waals surface area contributed by atoms with Gasteiger partial charge in [-0.1, -0.05) is 25.7 Å². The lowest BCUT2D eigenvalue weighted by Gasteiger charge is -2.02. The van der Waals surface area contributed by atoms with Gasteiger partial charge in [0.2, 0.25) is 0 Å². The number of carboxylic acids is 1. The fourth-order valence-corrected chi connectivity index (χ4v) is 1.22. The van der Waals surface area contributed by atoms with E-state index in [1.807, 2.05) is 0 Å². The highest BCUT2D eigenvalue weighted by Crippen LogP contribution is 2.06. The SMILES string of the molecule is COCCCCCCCCC(=O)[O-]. The molecule has 0 saturated heterocycles. The van der Waals surface area contributed by atoms with Crippen LogP contribution in [0.3, 0.4) is 0 Å². The number of rotatable bonds is 9. The van der Waals surface area contributed by atoms with E-state index in [4.69, 9.17) is 4.74 Å². The summed E-state index contributed by atoms with van der Waals surface area (Å²) in [6.45, 7) is 0.832. The van der Waals surface area contributed by atoms with Gasteiger partial charge < -0.3 is 14.6 Å². The van der Waals surface area contributed by atoms with Crippen LogP contribution in [0, 0.1) is 0 Å². The van der Waals surface area contributed by atoms with Crippen LogP contribution in [0.15, 0.2) is 0 Å². The minimum absolute atomic E-state index is 0.206. The maximum atomic E-state index is 10.0. The van der Waals surface area contributed by atoms with Gasteiger partial charge in [-0.25, -0.2) is 0 Å². The quantitative estimate of drug-likeness (QED) is 0.508. The molecule has 0 N–H and O–H groups in total. The number of carbonyl (C=O) groups excluding carboxylic acids is 1. The summed E-state index contributed by atoms with van der Waals surface area (Å²) in [6, 6.07) is 0. The first-order chi connectivity index (χ1) is 6.27. The summed E-state index contributed by atoms with van der Waals surface area (Å²) in [4.78, 5) is 10.0. The summed E-state index contributed by atoms with van der Waals surface area (Å²) in [5.74, 6) is -0.931. The van der Waals surface area contributed by atoms with Crippen molar-refractivity contribution >= 4 is 5.97 Å². The van der Waals surface area contributed by atoms with Crippen molar-refractivity contribution in [2.24, 2.45) is 0 Å². The standard InChI is InChI=1S/C10H20O3/c1-13-9-7-5-3-2-4-6-8-10(11)12/h2-9H2,1H3,(H,11,12)/p-1. The Morgan fingerprint density at radius 1 is 1.08 bits per heavy atom. The molecule has 0 radical (unpaired) electrons. The molecule has 0 atom stereocenters. The van der Waals surface area contributed by atoms with E-state index in [0.29, 0.717) is 0 Å². The molecule has 0 rings (SSSR count). The number of methoxy groups -OCH3 is 1. The lowest BCUT2D eigenvalue weighted by molar-refractivity contribution is -0.305. The Bertz CT molecular complexity index is 123. The summed E-state index contributed by atoms with van der Waals surface area (Å²) in [6.07, 6.45) is 6.55. The maximum absolute atomic E-state index is 10.0. The second kappa shape index (κ2) is 9.52. The van der Waals surface area contributed by atoms with E-state index < -0.39 is 5.97 Å². The van der Waals surface area contributed by atoms with Crippen molar-refractivity contribution in [3.05, 3.63) is 0 Å². The normalized spacial score (nSPS) is 10.2. The third kappa shape index (κ3) is 11.4. The lowest BCUT2D eigenvalue weighted by Crippen LogP contribution is -2.21. The summed E-state index contributed by atoms with van der Waals surface area (Å²) in [5, 5.41) is 10.0. The van der Waals surface area contributed by atoms with Gasteiger partial charge in [0.05, 0.1) is 0 Å². The van der Waals surface area contributed by atoms with Gasteiger partial charge in [0, 0.05) is 19.7 Å². The molecule has 0 amide bonds. The van der Waals surface area contributed by atoms with Gasteiger partial charge in [0.25, 0.3) is 0 Å². The molecule has 3 nitrogen and oxygen atoms in total. The largest absolute Gasteiger partial charge is 0.550 e. The van der Waals surface area contributed by atoms with Crippen LogP contribution in [0.25, 0.3) is 0 Å². The highest BCUT2D eigenvalue weighted by molar-refractivity contribution is 5.63. The second-order valence-corrected chi connectivity index (χ2v) is 3.24. The number of carboxylic acid groups (broad SMARTS) is 1. The van der Waals surface area contributed by atoms with E-state index in [9.17, 15) is 9.90 Å². The van der Waals surface area contributed by atoms with Crippen LogP contribution in [0.4, 0.5) is 0 Å². The average molecular weight is 187 g/mol. The zero-order valence-corrected chi connectivity index (χ0v) is 8.38.